The van der Waals surface area contributed by atoms with Gasteiger partial charge in [-0.3, -0.25) is 5.14 Å². The van der Waals surface area contributed by atoms with Gasteiger partial charge in [0, 0.05) is 4.91 Å². The first kappa shape index (κ1) is 9.67. The van der Waals surface area contributed by atoms with Gasteiger partial charge in [0.15, 0.2) is 0 Å². The van der Waals surface area contributed by atoms with Crippen LogP contribution < -0.4 is 5.14 Å². The molecule has 0 aliphatic heterocycles. The Morgan fingerprint density at radius 1 is 1.25 bits per heavy atom. The van der Waals surface area contributed by atoms with E-state index in [2.05, 4.69) is 0 Å². The molecule has 0 aromatic carbocycles. The van der Waals surface area contributed by atoms with Gasteiger partial charge in [0.2, 0.25) is 0 Å². The lowest BCUT2D eigenvalue weighted by Crippen LogP contribution is -2.15. The number of hydrogen-bond donors (Lipinski definition) is 1. The maximum Gasteiger partial charge on any atom is 0.417 e. The lowest BCUT2D eigenvalue weighted by molar-refractivity contribution is -0.0889. The molecule has 0 amide bonds. The van der Waals surface area contributed by atoms with Crippen LogP contribution in [0.1, 0.15) is 12.8 Å². The minimum Gasteiger partial charge on any atom is -0.274 e. The highest BCUT2D eigenvalue weighted by Crippen LogP contribution is 2.37. The molecule has 0 radical (unpaired) electrons. The topological polar surface area (TPSA) is 26.0 Å². The fourth-order valence-corrected chi connectivity index (χ4v) is 1.56. The van der Waals surface area contributed by atoms with E-state index < -0.39 is 11.7 Å². The second-order valence-corrected chi connectivity index (χ2v) is 3.05. The van der Waals surface area contributed by atoms with E-state index in [4.69, 9.17) is 5.14 Å². The lowest BCUT2D eigenvalue weighted by Gasteiger charge is -2.16. The molecule has 12 heavy (non-hydrogen) atoms. The minimum absolute atomic E-state index is 0.133. The van der Waals surface area contributed by atoms with Gasteiger partial charge in [0.1, 0.15) is 0 Å². The van der Waals surface area contributed by atoms with Crippen molar-refractivity contribution >= 4 is 11.9 Å². The first-order chi connectivity index (χ1) is 5.55. The van der Waals surface area contributed by atoms with Crippen molar-refractivity contribution in [2.45, 2.75) is 19.0 Å². The molecule has 0 aromatic rings. The van der Waals surface area contributed by atoms with Gasteiger partial charge in [0.25, 0.3) is 0 Å². The van der Waals surface area contributed by atoms with Crippen molar-refractivity contribution in [1.82, 2.24) is 0 Å². The Hall–Kier alpha value is -0.420. The first-order valence-corrected chi connectivity index (χ1v) is 4.28. The third kappa shape index (κ3) is 2.04. The molecule has 1 aliphatic rings. The Balaban J connectivity index is 2.88. The van der Waals surface area contributed by atoms with Crippen LogP contribution in [0.25, 0.3) is 0 Å². The fraction of sp³-hybridized carbons (Fsp3) is 0.429. The van der Waals surface area contributed by atoms with Crippen molar-refractivity contribution in [2.24, 2.45) is 5.14 Å². The van der Waals surface area contributed by atoms with Crippen LogP contribution in [-0.2, 0) is 0 Å². The molecule has 0 unspecified atom stereocenters. The van der Waals surface area contributed by atoms with E-state index in [9.17, 15) is 13.2 Å². The SMILES string of the molecule is NSC1=CCCC=C1C(F)(F)F. The van der Waals surface area contributed by atoms with Gasteiger partial charge >= 0.3 is 6.18 Å². The molecular weight excluding hydrogens is 187 g/mol. The maximum atomic E-state index is 12.2. The van der Waals surface area contributed by atoms with Crippen molar-refractivity contribution in [1.29, 1.82) is 0 Å². The van der Waals surface area contributed by atoms with Crippen LogP contribution >= 0.6 is 11.9 Å². The second kappa shape index (κ2) is 3.53. The molecule has 2 N–H and O–H groups in total. The van der Waals surface area contributed by atoms with Crippen LogP contribution in [0.2, 0.25) is 0 Å². The number of alkyl halides is 3. The Morgan fingerprint density at radius 3 is 2.25 bits per heavy atom. The van der Waals surface area contributed by atoms with Crippen molar-refractivity contribution in [3.63, 3.8) is 0 Å². The lowest BCUT2D eigenvalue weighted by atomic mass is 10.1. The van der Waals surface area contributed by atoms with E-state index in [0.29, 0.717) is 24.8 Å². The third-order valence-electron chi connectivity index (χ3n) is 1.54. The second-order valence-electron chi connectivity index (χ2n) is 2.38. The van der Waals surface area contributed by atoms with Crippen molar-refractivity contribution < 1.29 is 13.2 Å². The molecule has 0 saturated carbocycles. The van der Waals surface area contributed by atoms with Crippen LogP contribution in [-0.4, -0.2) is 6.18 Å². The zero-order chi connectivity index (χ0) is 9.19. The number of rotatable bonds is 1. The molecule has 0 aromatic heterocycles. The predicted molar refractivity (Wildman–Crippen MR) is 43.2 cm³/mol. The predicted octanol–water partition coefficient (Wildman–Crippen LogP) is 2.76. The van der Waals surface area contributed by atoms with Crippen LogP contribution in [0.3, 0.4) is 0 Å². The average molecular weight is 195 g/mol. The summed E-state index contributed by atoms with van der Waals surface area (Å²) in [5.41, 5.74) is -0.596. The normalized spacial score (nSPS) is 18.7. The fourth-order valence-electron chi connectivity index (χ4n) is 1.02. The quantitative estimate of drug-likeness (QED) is 0.651. The van der Waals surface area contributed by atoms with Gasteiger partial charge < -0.3 is 0 Å². The standard InChI is InChI=1S/C7H8F3NS/c8-7(9,10)5-3-1-2-4-6(5)12-11/h3-4H,1-2,11H2. The summed E-state index contributed by atoms with van der Waals surface area (Å²) in [5, 5.41) is 5.10. The molecule has 1 aliphatic carbocycles. The van der Waals surface area contributed by atoms with E-state index in [1.165, 1.54) is 12.2 Å². The highest BCUT2D eigenvalue weighted by molar-refractivity contribution is 8.01. The Morgan fingerprint density at radius 2 is 1.83 bits per heavy atom. The summed E-state index contributed by atoms with van der Waals surface area (Å²) in [5.74, 6) is 0. The summed E-state index contributed by atoms with van der Waals surface area (Å²) in [6.45, 7) is 0. The van der Waals surface area contributed by atoms with Gasteiger partial charge in [-0.05, 0) is 24.8 Å². The van der Waals surface area contributed by atoms with Gasteiger partial charge in [0.05, 0.1) is 5.57 Å². The molecule has 1 nitrogen and oxygen atoms in total. The number of nitrogens with two attached hydrogens (primary N) is 1. The zero-order valence-corrected chi connectivity index (χ0v) is 7.00. The highest BCUT2D eigenvalue weighted by atomic mass is 32.2. The monoisotopic (exact) mass is 195 g/mol. The van der Waals surface area contributed by atoms with E-state index in [0.717, 1.165) is 0 Å². The summed E-state index contributed by atoms with van der Waals surface area (Å²) in [7, 11) is 0. The van der Waals surface area contributed by atoms with Crippen LogP contribution in [0.5, 0.6) is 0 Å². The summed E-state index contributed by atoms with van der Waals surface area (Å²) in [6, 6.07) is 0. The molecule has 0 bridgehead atoms. The van der Waals surface area contributed by atoms with Gasteiger partial charge in [-0.1, -0.05) is 12.2 Å². The molecule has 0 heterocycles. The van der Waals surface area contributed by atoms with Crippen LogP contribution in [0, 0.1) is 0 Å². The van der Waals surface area contributed by atoms with Crippen molar-refractivity contribution in [3.8, 4) is 0 Å². The molecule has 0 saturated heterocycles. The molecule has 1 rings (SSSR count). The molecule has 0 atom stereocenters. The molecule has 5 heteroatoms. The molecule has 68 valence electrons. The van der Waals surface area contributed by atoms with Gasteiger partial charge in [-0.2, -0.15) is 13.2 Å². The Bertz CT molecular complexity index is 229. The van der Waals surface area contributed by atoms with Crippen LogP contribution in [0.4, 0.5) is 13.2 Å². The number of allylic oxidation sites excluding steroid dienone is 3. The number of hydrogen-bond acceptors (Lipinski definition) is 2. The summed E-state index contributed by atoms with van der Waals surface area (Å²) in [6.07, 6.45) is -0.473. The maximum absolute atomic E-state index is 12.2. The minimum atomic E-state index is -4.27. The largest absolute Gasteiger partial charge is 0.417 e. The molecule has 0 fully saturated rings. The Kier molecular flexibility index (Phi) is 2.85. The summed E-state index contributed by atoms with van der Waals surface area (Å²) < 4.78 is 36.6. The van der Waals surface area contributed by atoms with E-state index >= 15 is 0 Å². The van der Waals surface area contributed by atoms with Crippen molar-refractivity contribution in [3.05, 3.63) is 22.6 Å². The van der Waals surface area contributed by atoms with Gasteiger partial charge in [-0.25, -0.2) is 0 Å². The zero-order valence-electron chi connectivity index (χ0n) is 6.19. The average Bonchev–Trinajstić information content (AvgIpc) is 2.03. The summed E-state index contributed by atoms with van der Waals surface area (Å²) >= 11 is 0.654. The third-order valence-corrected chi connectivity index (χ3v) is 2.18. The number of halogens is 3. The van der Waals surface area contributed by atoms with Crippen molar-refractivity contribution in [2.75, 3.05) is 0 Å². The van der Waals surface area contributed by atoms with Gasteiger partial charge in [-0.15, -0.1) is 0 Å². The smallest absolute Gasteiger partial charge is 0.274 e. The molecular formula is C7H8F3NS. The highest BCUT2D eigenvalue weighted by Gasteiger charge is 2.36. The van der Waals surface area contributed by atoms with E-state index in [-0.39, 0.29) is 4.91 Å². The summed E-state index contributed by atoms with van der Waals surface area (Å²) in [4.78, 5) is 0.133. The van der Waals surface area contributed by atoms with E-state index in [1.54, 1.807) is 0 Å². The first-order valence-electron chi connectivity index (χ1n) is 3.40. The van der Waals surface area contributed by atoms with E-state index in [1.807, 2.05) is 0 Å². The molecule has 0 spiro atoms. The van der Waals surface area contributed by atoms with Crippen LogP contribution in [0.15, 0.2) is 22.6 Å². The Labute approximate surface area is 72.6 Å².